The van der Waals surface area contributed by atoms with Crippen LogP contribution < -0.4 is 10.6 Å². The van der Waals surface area contributed by atoms with E-state index in [0.717, 1.165) is 43.9 Å². The van der Waals surface area contributed by atoms with Gasteiger partial charge in [0.2, 0.25) is 0 Å². The molecule has 1 fully saturated rings. The zero-order valence-electron chi connectivity index (χ0n) is 14.5. The van der Waals surface area contributed by atoms with Gasteiger partial charge in [0.25, 0.3) is 0 Å². The third-order valence-electron chi connectivity index (χ3n) is 4.73. The Kier molecular flexibility index (Phi) is 4.85. The van der Waals surface area contributed by atoms with Crippen LogP contribution in [0.25, 0.3) is 11.3 Å². The molecular formula is C20H24N4S. The van der Waals surface area contributed by atoms with Crippen LogP contribution in [0.4, 0.5) is 5.69 Å². The fourth-order valence-electron chi connectivity index (χ4n) is 3.29. The maximum absolute atomic E-state index is 4.80. The lowest BCUT2D eigenvalue weighted by molar-refractivity contribution is 0.343. The van der Waals surface area contributed by atoms with Crippen LogP contribution in [0.1, 0.15) is 28.6 Å². The highest BCUT2D eigenvalue weighted by atomic mass is 32.1. The molecule has 0 spiro atoms. The number of hydrogen-bond donors (Lipinski definition) is 2. The zero-order chi connectivity index (χ0) is 17.1. The molecule has 5 heteroatoms. The first kappa shape index (κ1) is 16.4. The molecular weight excluding hydrogens is 328 g/mol. The average molecular weight is 353 g/mol. The summed E-state index contributed by atoms with van der Waals surface area (Å²) in [6, 6.07) is 15.6. The van der Waals surface area contributed by atoms with Crippen molar-refractivity contribution in [3.63, 3.8) is 0 Å². The SMILES string of the molecule is Cc1ccc(CNc2ccc(-c3ccn(C4CCNCC4)n3)cc2)s1. The molecule has 0 unspecified atom stereocenters. The van der Waals surface area contributed by atoms with E-state index in [2.05, 4.69) is 70.9 Å². The number of nitrogens with one attached hydrogen (secondary N) is 2. The maximum Gasteiger partial charge on any atom is 0.0923 e. The smallest absolute Gasteiger partial charge is 0.0923 e. The topological polar surface area (TPSA) is 41.9 Å². The molecule has 1 aromatic carbocycles. The van der Waals surface area contributed by atoms with Crippen molar-refractivity contribution in [1.29, 1.82) is 0 Å². The molecule has 1 saturated heterocycles. The van der Waals surface area contributed by atoms with Gasteiger partial charge < -0.3 is 10.6 Å². The molecule has 3 aromatic rings. The van der Waals surface area contributed by atoms with Crippen molar-refractivity contribution in [3.8, 4) is 11.3 Å². The predicted octanol–water partition coefficient (Wildman–Crippen LogP) is 4.46. The first-order valence-electron chi connectivity index (χ1n) is 8.93. The Balaban J connectivity index is 1.40. The van der Waals surface area contributed by atoms with Crippen LogP contribution >= 0.6 is 11.3 Å². The summed E-state index contributed by atoms with van der Waals surface area (Å²) in [4.78, 5) is 2.72. The molecule has 0 amide bonds. The van der Waals surface area contributed by atoms with Gasteiger partial charge in [-0.25, -0.2) is 0 Å². The Morgan fingerprint density at radius 3 is 2.64 bits per heavy atom. The van der Waals surface area contributed by atoms with Gasteiger partial charge in [-0.2, -0.15) is 5.10 Å². The molecule has 0 aliphatic carbocycles. The van der Waals surface area contributed by atoms with Gasteiger partial charge in [-0.05, 0) is 63.2 Å². The van der Waals surface area contributed by atoms with Gasteiger partial charge >= 0.3 is 0 Å². The first-order chi connectivity index (χ1) is 12.3. The molecule has 130 valence electrons. The van der Waals surface area contributed by atoms with E-state index in [9.17, 15) is 0 Å². The summed E-state index contributed by atoms with van der Waals surface area (Å²) >= 11 is 1.84. The maximum atomic E-state index is 4.80. The lowest BCUT2D eigenvalue weighted by Gasteiger charge is -2.22. The van der Waals surface area contributed by atoms with Crippen molar-refractivity contribution < 1.29 is 0 Å². The average Bonchev–Trinajstić information content (AvgIpc) is 3.30. The highest BCUT2D eigenvalue weighted by molar-refractivity contribution is 7.11. The second kappa shape index (κ2) is 7.42. The van der Waals surface area contributed by atoms with E-state index in [1.54, 1.807) is 0 Å². The van der Waals surface area contributed by atoms with Crippen molar-refractivity contribution in [2.24, 2.45) is 0 Å². The summed E-state index contributed by atoms with van der Waals surface area (Å²) in [6.45, 7) is 5.20. The van der Waals surface area contributed by atoms with Crippen LogP contribution in [0.15, 0.2) is 48.7 Å². The van der Waals surface area contributed by atoms with Crippen LogP contribution in [0, 0.1) is 6.92 Å². The van der Waals surface area contributed by atoms with E-state index in [0.29, 0.717) is 6.04 Å². The van der Waals surface area contributed by atoms with Crippen LogP contribution in [0.3, 0.4) is 0 Å². The number of thiophene rings is 1. The number of benzene rings is 1. The Morgan fingerprint density at radius 2 is 1.92 bits per heavy atom. The van der Waals surface area contributed by atoms with Gasteiger partial charge in [0, 0.05) is 33.7 Å². The first-order valence-corrected chi connectivity index (χ1v) is 9.75. The van der Waals surface area contributed by atoms with E-state index >= 15 is 0 Å². The minimum Gasteiger partial charge on any atom is -0.380 e. The van der Waals surface area contributed by atoms with Crippen LogP contribution in [0.5, 0.6) is 0 Å². The minimum absolute atomic E-state index is 0.533. The highest BCUT2D eigenvalue weighted by Gasteiger charge is 2.15. The summed E-state index contributed by atoms with van der Waals surface area (Å²) < 4.78 is 2.14. The third-order valence-corrected chi connectivity index (χ3v) is 5.74. The Morgan fingerprint density at radius 1 is 1.12 bits per heavy atom. The standard InChI is InChI=1S/C20H24N4S/c1-15-2-7-19(25-15)14-22-17-5-3-16(4-6-17)20-10-13-24(23-20)18-8-11-21-12-9-18/h2-7,10,13,18,21-22H,8-9,11-12,14H2,1H3. The van der Waals surface area contributed by atoms with Gasteiger partial charge in [-0.3, -0.25) is 4.68 Å². The summed E-state index contributed by atoms with van der Waals surface area (Å²) in [7, 11) is 0. The van der Waals surface area contributed by atoms with E-state index in [-0.39, 0.29) is 0 Å². The zero-order valence-corrected chi connectivity index (χ0v) is 15.4. The number of anilines is 1. The molecule has 1 aliphatic rings. The number of nitrogens with zero attached hydrogens (tertiary/aromatic N) is 2. The van der Waals surface area contributed by atoms with E-state index in [1.165, 1.54) is 15.3 Å². The van der Waals surface area contributed by atoms with Crippen molar-refractivity contribution in [1.82, 2.24) is 15.1 Å². The van der Waals surface area contributed by atoms with Crippen molar-refractivity contribution in [3.05, 3.63) is 58.4 Å². The highest BCUT2D eigenvalue weighted by Crippen LogP contribution is 2.24. The fourth-order valence-corrected chi connectivity index (χ4v) is 4.12. The van der Waals surface area contributed by atoms with Crippen LogP contribution in [0.2, 0.25) is 0 Å². The third kappa shape index (κ3) is 3.94. The predicted molar refractivity (Wildman–Crippen MR) is 105 cm³/mol. The molecule has 1 aliphatic heterocycles. The summed E-state index contributed by atoms with van der Waals surface area (Å²) in [5, 5.41) is 11.7. The Labute approximate surface area is 152 Å². The van der Waals surface area contributed by atoms with Gasteiger partial charge in [-0.15, -0.1) is 11.3 Å². The number of aryl methyl sites for hydroxylation is 1. The molecule has 2 N–H and O–H groups in total. The van der Waals surface area contributed by atoms with Crippen molar-refractivity contribution in [2.75, 3.05) is 18.4 Å². The molecule has 0 radical (unpaired) electrons. The molecule has 0 saturated carbocycles. The van der Waals surface area contributed by atoms with Crippen molar-refractivity contribution >= 4 is 17.0 Å². The van der Waals surface area contributed by atoms with Gasteiger partial charge in [0.15, 0.2) is 0 Å². The Bertz CT molecular complexity index is 812. The summed E-state index contributed by atoms with van der Waals surface area (Å²) in [5.74, 6) is 0. The minimum atomic E-state index is 0.533. The van der Waals surface area contributed by atoms with Gasteiger partial charge in [0.1, 0.15) is 0 Å². The number of hydrogen-bond acceptors (Lipinski definition) is 4. The largest absolute Gasteiger partial charge is 0.380 e. The second-order valence-corrected chi connectivity index (χ2v) is 7.98. The molecule has 0 bridgehead atoms. The number of piperidine rings is 1. The fraction of sp³-hybridized carbons (Fsp3) is 0.350. The van der Waals surface area contributed by atoms with E-state index in [1.807, 2.05) is 11.3 Å². The molecule has 0 atom stereocenters. The van der Waals surface area contributed by atoms with Gasteiger partial charge in [0.05, 0.1) is 11.7 Å². The number of rotatable bonds is 5. The normalized spacial score (nSPS) is 15.4. The summed E-state index contributed by atoms with van der Waals surface area (Å²) in [5.41, 5.74) is 3.37. The monoisotopic (exact) mass is 352 g/mol. The van der Waals surface area contributed by atoms with Crippen molar-refractivity contribution in [2.45, 2.75) is 32.4 Å². The molecule has 25 heavy (non-hydrogen) atoms. The summed E-state index contributed by atoms with van der Waals surface area (Å²) in [6.07, 6.45) is 4.44. The molecule has 4 nitrogen and oxygen atoms in total. The van der Waals surface area contributed by atoms with Crippen LogP contribution in [-0.2, 0) is 6.54 Å². The molecule has 4 rings (SSSR count). The lowest BCUT2D eigenvalue weighted by Crippen LogP contribution is -2.29. The van der Waals surface area contributed by atoms with E-state index < -0.39 is 0 Å². The second-order valence-electron chi connectivity index (χ2n) is 6.61. The van der Waals surface area contributed by atoms with Crippen LogP contribution in [-0.4, -0.2) is 22.9 Å². The molecule has 2 aromatic heterocycles. The molecule has 3 heterocycles. The lowest BCUT2D eigenvalue weighted by atomic mass is 10.1. The number of aromatic nitrogens is 2. The van der Waals surface area contributed by atoms with Gasteiger partial charge in [-0.1, -0.05) is 12.1 Å². The quantitative estimate of drug-likeness (QED) is 0.712. The van der Waals surface area contributed by atoms with E-state index in [4.69, 9.17) is 5.10 Å². The Hall–Kier alpha value is -2.11.